The van der Waals surface area contributed by atoms with Crippen LogP contribution in [0, 0.1) is 5.92 Å². The van der Waals surface area contributed by atoms with Crippen molar-refractivity contribution in [1.82, 2.24) is 5.32 Å². The molecule has 0 amide bonds. The maximum atomic E-state index is 3.70. The van der Waals surface area contributed by atoms with Gasteiger partial charge in [0.15, 0.2) is 0 Å². The summed E-state index contributed by atoms with van der Waals surface area (Å²) in [7, 11) is 0. The lowest BCUT2D eigenvalue weighted by atomic mass is 10.1. The molecule has 0 bridgehead atoms. The lowest BCUT2D eigenvalue weighted by Gasteiger charge is -2.11. The number of thioether (sulfide) groups is 1. The Bertz CT molecular complexity index is 147. The second kappa shape index (κ2) is 6.50. The molecule has 0 saturated heterocycles. The van der Waals surface area contributed by atoms with Crippen molar-refractivity contribution in [2.24, 2.45) is 5.92 Å². The van der Waals surface area contributed by atoms with E-state index in [1.807, 2.05) is 17.8 Å². The molecule has 13 heavy (non-hydrogen) atoms. The van der Waals surface area contributed by atoms with Crippen molar-refractivity contribution in [2.45, 2.75) is 32.2 Å². The maximum absolute atomic E-state index is 3.70. The predicted octanol–water partition coefficient (Wildman–Crippen LogP) is 2.68. The van der Waals surface area contributed by atoms with Gasteiger partial charge in [-0.15, -0.1) is 6.58 Å². The van der Waals surface area contributed by atoms with Gasteiger partial charge in [0.05, 0.1) is 0 Å². The summed E-state index contributed by atoms with van der Waals surface area (Å²) in [5.74, 6) is 3.25. The molecule has 1 saturated carbocycles. The fourth-order valence-electron chi connectivity index (χ4n) is 1.89. The van der Waals surface area contributed by atoms with Crippen LogP contribution < -0.4 is 5.32 Å². The molecule has 0 radical (unpaired) electrons. The molecule has 1 nitrogen and oxygen atoms in total. The molecule has 2 atom stereocenters. The molecule has 0 heterocycles. The van der Waals surface area contributed by atoms with Crippen molar-refractivity contribution in [1.29, 1.82) is 0 Å². The highest BCUT2D eigenvalue weighted by Gasteiger charge is 2.19. The Hall–Kier alpha value is 0.0500. The molecule has 76 valence electrons. The van der Waals surface area contributed by atoms with Gasteiger partial charge in [-0.1, -0.05) is 13.0 Å². The number of nitrogens with one attached hydrogen (secondary N) is 1. The summed E-state index contributed by atoms with van der Waals surface area (Å²) in [6, 6.07) is 0.805. The summed E-state index contributed by atoms with van der Waals surface area (Å²) in [5, 5.41) is 3.62. The van der Waals surface area contributed by atoms with Crippen LogP contribution in [0.2, 0.25) is 0 Å². The van der Waals surface area contributed by atoms with Crippen LogP contribution in [0.5, 0.6) is 0 Å². The van der Waals surface area contributed by atoms with Gasteiger partial charge in [-0.2, -0.15) is 11.8 Å². The quantitative estimate of drug-likeness (QED) is 0.521. The number of hydrogen-bond acceptors (Lipinski definition) is 2. The second-order valence-corrected chi connectivity index (χ2v) is 5.08. The first-order chi connectivity index (χ1) is 6.33. The molecule has 1 fully saturated rings. The summed E-state index contributed by atoms with van der Waals surface area (Å²) < 4.78 is 0. The van der Waals surface area contributed by atoms with E-state index in [2.05, 4.69) is 18.8 Å². The third-order valence-corrected chi connectivity index (χ3v) is 3.57. The van der Waals surface area contributed by atoms with E-state index in [0.717, 1.165) is 24.3 Å². The minimum absolute atomic E-state index is 0.805. The van der Waals surface area contributed by atoms with Crippen molar-refractivity contribution in [2.75, 3.05) is 18.1 Å². The molecule has 0 aromatic carbocycles. The van der Waals surface area contributed by atoms with Crippen molar-refractivity contribution in [3.63, 3.8) is 0 Å². The fourth-order valence-corrected chi connectivity index (χ4v) is 2.49. The van der Waals surface area contributed by atoms with Gasteiger partial charge in [-0.25, -0.2) is 0 Å². The van der Waals surface area contributed by atoms with E-state index < -0.39 is 0 Å². The Morgan fingerprint density at radius 2 is 2.38 bits per heavy atom. The predicted molar refractivity (Wildman–Crippen MR) is 62.3 cm³/mol. The maximum Gasteiger partial charge on any atom is 0.0111 e. The van der Waals surface area contributed by atoms with Gasteiger partial charge in [0.2, 0.25) is 0 Å². The van der Waals surface area contributed by atoms with Gasteiger partial charge in [-0.3, -0.25) is 0 Å². The average molecular weight is 199 g/mol. The fraction of sp³-hybridized carbons (Fsp3) is 0.818. The van der Waals surface area contributed by atoms with E-state index in [0.29, 0.717) is 0 Å². The zero-order valence-corrected chi connectivity index (χ0v) is 9.41. The monoisotopic (exact) mass is 199 g/mol. The number of rotatable bonds is 6. The van der Waals surface area contributed by atoms with Crippen LogP contribution in [-0.4, -0.2) is 24.1 Å². The highest BCUT2D eigenvalue weighted by atomic mass is 32.2. The summed E-state index contributed by atoms with van der Waals surface area (Å²) >= 11 is 1.96. The van der Waals surface area contributed by atoms with Crippen LogP contribution in [0.15, 0.2) is 12.7 Å². The van der Waals surface area contributed by atoms with Crippen LogP contribution in [0.1, 0.15) is 26.2 Å². The zero-order chi connectivity index (χ0) is 9.52. The van der Waals surface area contributed by atoms with E-state index in [4.69, 9.17) is 0 Å². The highest BCUT2D eigenvalue weighted by Crippen LogP contribution is 2.24. The van der Waals surface area contributed by atoms with E-state index in [1.165, 1.54) is 25.0 Å². The van der Waals surface area contributed by atoms with Gasteiger partial charge < -0.3 is 5.32 Å². The smallest absolute Gasteiger partial charge is 0.0111 e. The first kappa shape index (κ1) is 11.1. The third-order valence-electron chi connectivity index (χ3n) is 2.61. The SMILES string of the molecule is C=CCSCCNC1CCC(C)C1. The first-order valence-corrected chi connectivity index (χ1v) is 6.40. The Labute approximate surface area is 86.4 Å². The summed E-state index contributed by atoms with van der Waals surface area (Å²) in [4.78, 5) is 0. The highest BCUT2D eigenvalue weighted by molar-refractivity contribution is 7.99. The van der Waals surface area contributed by atoms with E-state index in [-0.39, 0.29) is 0 Å². The van der Waals surface area contributed by atoms with Crippen LogP contribution in [0.3, 0.4) is 0 Å². The van der Waals surface area contributed by atoms with Gasteiger partial charge in [0, 0.05) is 24.1 Å². The molecule has 2 heteroatoms. The van der Waals surface area contributed by atoms with Gasteiger partial charge in [0.1, 0.15) is 0 Å². The summed E-state index contributed by atoms with van der Waals surface area (Å²) in [6.07, 6.45) is 6.15. The molecule has 0 aromatic heterocycles. The zero-order valence-electron chi connectivity index (χ0n) is 8.59. The molecule has 0 aromatic rings. The van der Waals surface area contributed by atoms with Gasteiger partial charge in [-0.05, 0) is 25.2 Å². The van der Waals surface area contributed by atoms with Crippen molar-refractivity contribution < 1.29 is 0 Å². The molecule has 1 rings (SSSR count). The van der Waals surface area contributed by atoms with Crippen molar-refractivity contribution in [3.8, 4) is 0 Å². The Kier molecular flexibility index (Phi) is 5.56. The first-order valence-electron chi connectivity index (χ1n) is 5.25. The summed E-state index contributed by atoms with van der Waals surface area (Å²) in [5.41, 5.74) is 0. The lowest BCUT2D eigenvalue weighted by molar-refractivity contribution is 0.518. The molecule has 0 aliphatic heterocycles. The van der Waals surface area contributed by atoms with E-state index >= 15 is 0 Å². The van der Waals surface area contributed by atoms with E-state index in [9.17, 15) is 0 Å². The third kappa shape index (κ3) is 4.72. The Balaban J connectivity index is 1.91. The second-order valence-electron chi connectivity index (χ2n) is 3.93. The summed E-state index contributed by atoms with van der Waals surface area (Å²) in [6.45, 7) is 7.22. The molecule has 1 aliphatic carbocycles. The lowest BCUT2D eigenvalue weighted by Crippen LogP contribution is -2.28. The van der Waals surface area contributed by atoms with Gasteiger partial charge >= 0.3 is 0 Å². The topological polar surface area (TPSA) is 12.0 Å². The average Bonchev–Trinajstić information content (AvgIpc) is 2.51. The van der Waals surface area contributed by atoms with Crippen molar-refractivity contribution in [3.05, 3.63) is 12.7 Å². The van der Waals surface area contributed by atoms with Crippen LogP contribution in [-0.2, 0) is 0 Å². The minimum atomic E-state index is 0.805. The minimum Gasteiger partial charge on any atom is -0.313 e. The normalized spacial score (nSPS) is 27.8. The molecule has 1 aliphatic rings. The largest absolute Gasteiger partial charge is 0.313 e. The molecular formula is C11H21NS. The Morgan fingerprint density at radius 1 is 1.54 bits per heavy atom. The van der Waals surface area contributed by atoms with Crippen LogP contribution >= 0.6 is 11.8 Å². The molecule has 2 unspecified atom stereocenters. The molecular weight excluding hydrogens is 178 g/mol. The van der Waals surface area contributed by atoms with Gasteiger partial charge in [0.25, 0.3) is 0 Å². The van der Waals surface area contributed by atoms with Crippen molar-refractivity contribution >= 4 is 11.8 Å². The van der Waals surface area contributed by atoms with E-state index in [1.54, 1.807) is 0 Å². The van der Waals surface area contributed by atoms with Crippen LogP contribution in [0.25, 0.3) is 0 Å². The Morgan fingerprint density at radius 3 is 3.00 bits per heavy atom. The van der Waals surface area contributed by atoms with Crippen LogP contribution in [0.4, 0.5) is 0 Å². The molecule has 0 spiro atoms. The standard InChI is InChI=1S/C11H21NS/c1-3-7-13-8-6-12-11-5-4-10(2)9-11/h3,10-12H,1,4-9H2,2H3. The number of hydrogen-bond donors (Lipinski definition) is 1. The molecule has 1 N–H and O–H groups in total.